The second kappa shape index (κ2) is 19.9. The van der Waals surface area contributed by atoms with Gasteiger partial charge in [0.15, 0.2) is 17.2 Å². The monoisotopic (exact) mass is 747 g/mol. The number of nitrogens with zero attached hydrogens (tertiary/aromatic N) is 3. The van der Waals surface area contributed by atoms with Gasteiger partial charge in [-0.2, -0.15) is 9.97 Å². The zero-order valence-corrected chi connectivity index (χ0v) is 29.1. The molecule has 3 aromatic rings. The van der Waals surface area contributed by atoms with E-state index in [9.17, 15) is 38.7 Å². The Kier molecular flexibility index (Phi) is 15.7. The number of benzene rings is 1. The van der Waals surface area contributed by atoms with E-state index in [1.807, 2.05) is 0 Å². The van der Waals surface area contributed by atoms with Gasteiger partial charge in [0.1, 0.15) is 29.2 Å². The summed E-state index contributed by atoms with van der Waals surface area (Å²) in [5.41, 5.74) is 13.0. The number of carbonyl (C=O) groups excluding carboxylic acids is 3. The van der Waals surface area contributed by atoms with Gasteiger partial charge in [0.2, 0.25) is 5.91 Å². The van der Waals surface area contributed by atoms with E-state index >= 15 is 0 Å². The third-order valence-electron chi connectivity index (χ3n) is 7.67. The van der Waals surface area contributed by atoms with Crippen LogP contribution in [0.25, 0.3) is 11.2 Å². The zero-order chi connectivity index (χ0) is 38.4. The molecule has 2 heterocycles. The van der Waals surface area contributed by atoms with Crippen LogP contribution < -0.4 is 27.2 Å². The van der Waals surface area contributed by atoms with Crippen molar-refractivity contribution in [1.29, 1.82) is 0 Å². The van der Waals surface area contributed by atoms with Gasteiger partial charge in [-0.1, -0.05) is 24.3 Å². The summed E-state index contributed by atoms with van der Waals surface area (Å²) >= 11 is 0.751. The summed E-state index contributed by atoms with van der Waals surface area (Å²) in [7, 11) is 1.52. The number of ketones is 2. The van der Waals surface area contributed by atoms with Crippen molar-refractivity contribution in [3.05, 3.63) is 45.9 Å². The molecule has 3 unspecified atom stereocenters. The number of anilines is 1. The molecule has 1 amide bonds. The van der Waals surface area contributed by atoms with Crippen LogP contribution in [0.5, 0.6) is 6.01 Å². The number of nitrogen functional groups attached to an aromatic ring is 1. The number of carbonyl (C=O) groups is 6. The fourth-order valence-electron chi connectivity index (χ4n) is 4.77. The molecule has 20 heteroatoms. The van der Waals surface area contributed by atoms with Gasteiger partial charge >= 0.3 is 29.6 Å². The molecule has 52 heavy (non-hydrogen) atoms. The molecular weight excluding hydrogens is 706 g/mol. The Morgan fingerprint density at radius 3 is 2.29 bits per heavy atom. The van der Waals surface area contributed by atoms with E-state index in [0.29, 0.717) is 13.0 Å². The number of imidazole rings is 1. The maximum atomic E-state index is 12.8. The van der Waals surface area contributed by atoms with Crippen LogP contribution >= 0.6 is 11.8 Å². The molecule has 1 aromatic carbocycles. The van der Waals surface area contributed by atoms with Crippen molar-refractivity contribution in [2.45, 2.75) is 68.8 Å². The number of rotatable bonds is 24. The number of carboxylic acid groups (broad SMARTS) is 3. The maximum Gasteiger partial charge on any atom is 0.328 e. The lowest BCUT2D eigenvalue weighted by molar-refractivity contribution is -0.139. The van der Waals surface area contributed by atoms with E-state index < -0.39 is 65.5 Å². The van der Waals surface area contributed by atoms with Crippen LogP contribution in [0.1, 0.15) is 49.7 Å². The van der Waals surface area contributed by atoms with Crippen molar-refractivity contribution in [3.8, 4) is 6.01 Å². The number of Topliss-reactive ketones (excluding diaryl/α,β-unsaturated/α-hetero) is 2. The lowest BCUT2D eigenvalue weighted by Gasteiger charge is -2.20. The predicted octanol–water partition coefficient (Wildman–Crippen LogP) is -0.0357. The van der Waals surface area contributed by atoms with E-state index in [1.54, 1.807) is 24.3 Å². The third kappa shape index (κ3) is 12.8. The molecular formula is C32H41N7O12S. The topological polar surface area (TPSA) is 309 Å². The number of carboxylic acids is 3. The van der Waals surface area contributed by atoms with Crippen LogP contribution in [0.4, 0.5) is 5.82 Å². The Morgan fingerprint density at radius 1 is 0.962 bits per heavy atom. The number of hydrogen-bond acceptors (Lipinski definition) is 14. The molecule has 3 atom stereocenters. The van der Waals surface area contributed by atoms with Gasteiger partial charge in [-0.3, -0.25) is 33.3 Å². The Hall–Kier alpha value is -5.34. The van der Waals surface area contributed by atoms with Crippen molar-refractivity contribution in [2.75, 3.05) is 31.8 Å². The van der Waals surface area contributed by atoms with Crippen molar-refractivity contribution in [2.24, 2.45) is 5.73 Å². The van der Waals surface area contributed by atoms with Crippen LogP contribution in [-0.2, 0) is 46.5 Å². The van der Waals surface area contributed by atoms with E-state index in [1.165, 1.54) is 11.7 Å². The minimum Gasteiger partial charge on any atom is -0.481 e. The Balaban J connectivity index is 1.58. The van der Waals surface area contributed by atoms with Crippen LogP contribution in [0.2, 0.25) is 0 Å². The number of nitrogens with one attached hydrogen (secondary N) is 2. The average molecular weight is 748 g/mol. The number of aromatic nitrogens is 4. The lowest BCUT2D eigenvalue weighted by Crippen LogP contribution is -2.44. The van der Waals surface area contributed by atoms with Gasteiger partial charge in [-0.05, 0) is 24.0 Å². The van der Waals surface area contributed by atoms with Crippen LogP contribution in [0, 0.1) is 0 Å². The number of hydrogen-bond donors (Lipinski definition) is 7. The van der Waals surface area contributed by atoms with E-state index in [4.69, 9.17) is 31.2 Å². The summed E-state index contributed by atoms with van der Waals surface area (Å²) in [4.78, 5) is 95.5. The van der Waals surface area contributed by atoms with Gasteiger partial charge in [-0.25, -0.2) is 4.79 Å². The summed E-state index contributed by atoms with van der Waals surface area (Å²) < 4.78 is 11.8. The second-order valence-electron chi connectivity index (χ2n) is 11.6. The molecule has 0 fully saturated rings. The molecule has 19 nitrogen and oxygen atoms in total. The van der Waals surface area contributed by atoms with Crippen molar-refractivity contribution in [1.82, 2.24) is 24.8 Å². The van der Waals surface area contributed by atoms with Crippen LogP contribution in [0.3, 0.4) is 0 Å². The van der Waals surface area contributed by atoms with Crippen LogP contribution in [0.15, 0.2) is 29.1 Å². The summed E-state index contributed by atoms with van der Waals surface area (Å²) in [5.74, 6) is -5.83. The molecule has 0 saturated heterocycles. The maximum absolute atomic E-state index is 12.8. The highest BCUT2D eigenvalue weighted by Crippen LogP contribution is 2.21. The molecule has 0 aliphatic carbocycles. The number of aromatic amines is 1. The highest BCUT2D eigenvalue weighted by atomic mass is 32.2. The Labute approximate surface area is 300 Å². The largest absolute Gasteiger partial charge is 0.481 e. The first-order valence-electron chi connectivity index (χ1n) is 16.0. The van der Waals surface area contributed by atoms with Crippen LogP contribution in [-0.4, -0.2) is 114 Å². The van der Waals surface area contributed by atoms with Gasteiger partial charge in [0.25, 0.3) is 0 Å². The summed E-state index contributed by atoms with van der Waals surface area (Å²) in [6, 6.07) is 4.50. The quantitative estimate of drug-likeness (QED) is 0.0591. The number of methoxy groups -OCH3 is 1. The predicted molar refractivity (Wildman–Crippen MR) is 186 cm³/mol. The number of fused-ring (bicyclic) bond motifs is 1. The summed E-state index contributed by atoms with van der Waals surface area (Å²) in [6.45, 7) is 0.623. The number of amides is 1. The van der Waals surface area contributed by atoms with Gasteiger partial charge in [-0.15, -0.1) is 11.8 Å². The average Bonchev–Trinajstić information content (AvgIpc) is 3.41. The Morgan fingerprint density at radius 2 is 1.65 bits per heavy atom. The smallest absolute Gasteiger partial charge is 0.328 e. The van der Waals surface area contributed by atoms with E-state index in [-0.39, 0.29) is 73.4 Å². The molecule has 0 radical (unpaired) electrons. The first kappa shape index (κ1) is 41.1. The van der Waals surface area contributed by atoms with E-state index in [0.717, 1.165) is 22.9 Å². The number of aryl methyl sites for hydroxylation is 1. The van der Waals surface area contributed by atoms with Crippen molar-refractivity contribution in [3.63, 3.8) is 0 Å². The van der Waals surface area contributed by atoms with Crippen molar-refractivity contribution >= 4 is 64.1 Å². The highest BCUT2D eigenvalue weighted by Gasteiger charge is 2.28. The minimum absolute atomic E-state index is 0.00910. The van der Waals surface area contributed by atoms with Gasteiger partial charge < -0.3 is 46.6 Å². The number of nitrogens with two attached hydrogens (primary N) is 2. The Bertz CT molecular complexity index is 1810. The molecule has 0 saturated carbocycles. The molecule has 9 N–H and O–H groups in total. The first-order chi connectivity index (χ1) is 24.7. The van der Waals surface area contributed by atoms with E-state index in [2.05, 4.69) is 20.3 Å². The highest BCUT2D eigenvalue weighted by molar-refractivity contribution is 8.00. The number of aliphatic carboxylic acids is 3. The fourth-order valence-corrected chi connectivity index (χ4v) is 5.91. The zero-order valence-electron chi connectivity index (χ0n) is 28.2. The molecule has 0 aliphatic rings. The normalized spacial score (nSPS) is 12.9. The molecule has 3 rings (SSSR count). The van der Waals surface area contributed by atoms with Gasteiger partial charge in [0.05, 0.1) is 25.6 Å². The standard InChI is InChI=1S/C32H41N7O12S/c1-50-12-13-51-31-37-27(34)26-28(38-31)39(32(49)36-26)15-18-4-2-17(3-5-18)6-7-19(40)14-23(30(47)48)52-16-21(22(41)9-11-25(43)44)35-24(42)10-8-20(33)29(45)46/h2-5,20-21,23H,6-16,33H2,1H3,(H,35,42)(H,36,49)(H,43,44)(H,45,46)(H,47,48)(H2,34,37,38). The first-order valence-corrected chi connectivity index (χ1v) is 17.1. The van der Waals surface area contributed by atoms with Gasteiger partial charge in [0, 0.05) is 38.5 Å². The summed E-state index contributed by atoms with van der Waals surface area (Å²) in [6.07, 6.45) is -1.58. The fraction of sp³-hybridized carbons (Fsp3) is 0.469. The molecule has 0 bridgehead atoms. The second-order valence-corrected chi connectivity index (χ2v) is 12.9. The van der Waals surface area contributed by atoms with Crippen molar-refractivity contribution < 1.29 is 53.6 Å². The molecule has 0 spiro atoms. The molecule has 2 aromatic heterocycles. The number of thioether (sulfide) groups is 1. The third-order valence-corrected chi connectivity index (χ3v) is 8.96. The lowest BCUT2D eigenvalue weighted by atomic mass is 10.0. The molecule has 0 aliphatic heterocycles. The summed E-state index contributed by atoms with van der Waals surface area (Å²) in [5, 5.41) is 28.8. The SMILES string of the molecule is COCCOc1nc(N)c2[nH]c(=O)n(Cc3ccc(CCC(=O)CC(SCC(NC(=O)CCC(N)C(=O)O)C(=O)CCC(=O)O)C(=O)O)cc3)c2n1. The molecule has 282 valence electrons. The number of ether oxygens (including phenoxy) is 2. The number of H-pyrrole nitrogens is 1. The minimum atomic E-state index is -1.32.